The zero-order valence-corrected chi connectivity index (χ0v) is 10.6. The second kappa shape index (κ2) is 7.66. The highest BCUT2D eigenvalue weighted by atomic mass is 16.2. The van der Waals surface area contributed by atoms with Gasteiger partial charge in [-0.2, -0.15) is 0 Å². The molecule has 0 aliphatic carbocycles. The van der Waals surface area contributed by atoms with E-state index in [2.05, 4.69) is 6.92 Å². The van der Waals surface area contributed by atoms with Gasteiger partial charge in [0.15, 0.2) is 0 Å². The molecular weight excluding hydrogens is 200 g/mol. The van der Waals surface area contributed by atoms with E-state index in [0.29, 0.717) is 24.8 Å². The molecule has 1 atom stereocenters. The zero-order valence-electron chi connectivity index (χ0n) is 10.6. The molecule has 1 rings (SSSR count). The molecule has 1 saturated heterocycles. The van der Waals surface area contributed by atoms with Crippen LogP contribution in [0.15, 0.2) is 0 Å². The van der Waals surface area contributed by atoms with Crippen LogP contribution in [0.3, 0.4) is 0 Å². The molecule has 1 heterocycles. The van der Waals surface area contributed by atoms with Crippen LogP contribution in [0.25, 0.3) is 0 Å². The molecule has 0 saturated carbocycles. The Morgan fingerprint density at radius 3 is 2.56 bits per heavy atom. The van der Waals surface area contributed by atoms with Gasteiger partial charge in [-0.05, 0) is 18.9 Å². The predicted molar refractivity (Wildman–Crippen MR) is 67.1 cm³/mol. The maximum Gasteiger partial charge on any atom is 0.222 e. The van der Waals surface area contributed by atoms with Gasteiger partial charge in [-0.15, -0.1) is 0 Å². The first-order valence-electron chi connectivity index (χ1n) is 6.75. The van der Waals surface area contributed by atoms with E-state index in [1.165, 1.54) is 32.1 Å². The van der Waals surface area contributed by atoms with Crippen molar-refractivity contribution in [1.82, 2.24) is 4.90 Å². The van der Waals surface area contributed by atoms with Crippen LogP contribution in [0.4, 0.5) is 0 Å². The van der Waals surface area contributed by atoms with Crippen LogP contribution in [0.5, 0.6) is 0 Å². The van der Waals surface area contributed by atoms with Gasteiger partial charge in [0.1, 0.15) is 0 Å². The van der Waals surface area contributed by atoms with Crippen molar-refractivity contribution in [2.45, 2.75) is 51.9 Å². The van der Waals surface area contributed by atoms with Gasteiger partial charge < -0.3 is 10.6 Å². The lowest BCUT2D eigenvalue weighted by Crippen LogP contribution is -2.27. The lowest BCUT2D eigenvalue weighted by atomic mass is 10.1. The van der Waals surface area contributed by atoms with Gasteiger partial charge in [-0.1, -0.05) is 39.0 Å². The van der Waals surface area contributed by atoms with E-state index in [1.807, 2.05) is 4.90 Å². The molecule has 1 aliphatic heterocycles. The summed E-state index contributed by atoms with van der Waals surface area (Å²) in [4.78, 5) is 13.6. The van der Waals surface area contributed by atoms with Crippen LogP contribution in [-0.2, 0) is 4.79 Å². The first kappa shape index (κ1) is 13.5. The number of carbonyl (C=O) groups is 1. The van der Waals surface area contributed by atoms with E-state index in [0.717, 1.165) is 19.5 Å². The van der Waals surface area contributed by atoms with E-state index in [-0.39, 0.29) is 0 Å². The first-order chi connectivity index (χ1) is 7.77. The molecule has 0 aromatic rings. The minimum absolute atomic E-state index is 0.309. The summed E-state index contributed by atoms with van der Waals surface area (Å²) in [5, 5.41) is 0. The smallest absolute Gasteiger partial charge is 0.222 e. The Hall–Kier alpha value is -0.570. The highest BCUT2D eigenvalue weighted by Gasteiger charge is 2.27. The van der Waals surface area contributed by atoms with Crippen molar-refractivity contribution in [1.29, 1.82) is 0 Å². The molecule has 0 spiro atoms. The maximum absolute atomic E-state index is 11.6. The number of likely N-dealkylation sites (tertiary alicyclic amines) is 1. The van der Waals surface area contributed by atoms with Crippen molar-refractivity contribution < 1.29 is 4.79 Å². The Labute approximate surface area is 99.4 Å². The van der Waals surface area contributed by atoms with E-state index < -0.39 is 0 Å². The number of rotatable bonds is 8. The average Bonchev–Trinajstić information content (AvgIpc) is 2.65. The number of nitrogens with zero attached hydrogens (tertiary/aromatic N) is 1. The van der Waals surface area contributed by atoms with Crippen LogP contribution in [0.2, 0.25) is 0 Å². The molecule has 1 unspecified atom stereocenters. The van der Waals surface area contributed by atoms with Gasteiger partial charge in [-0.25, -0.2) is 0 Å². The van der Waals surface area contributed by atoms with Crippen LogP contribution in [0, 0.1) is 5.92 Å². The number of nitrogens with two attached hydrogens (primary N) is 1. The van der Waals surface area contributed by atoms with Gasteiger partial charge in [-0.3, -0.25) is 4.79 Å². The molecule has 3 heteroatoms. The van der Waals surface area contributed by atoms with Crippen molar-refractivity contribution >= 4 is 5.91 Å². The van der Waals surface area contributed by atoms with Gasteiger partial charge in [0.2, 0.25) is 5.91 Å². The van der Waals surface area contributed by atoms with E-state index >= 15 is 0 Å². The lowest BCUT2D eigenvalue weighted by Gasteiger charge is -2.16. The highest BCUT2D eigenvalue weighted by molar-refractivity contribution is 5.78. The topological polar surface area (TPSA) is 46.3 Å². The Morgan fingerprint density at radius 1 is 1.25 bits per heavy atom. The van der Waals surface area contributed by atoms with Crippen LogP contribution in [0.1, 0.15) is 51.9 Å². The van der Waals surface area contributed by atoms with Crippen molar-refractivity contribution in [3.63, 3.8) is 0 Å². The fraction of sp³-hybridized carbons (Fsp3) is 0.923. The van der Waals surface area contributed by atoms with Crippen molar-refractivity contribution in [3.05, 3.63) is 0 Å². The molecule has 16 heavy (non-hydrogen) atoms. The molecule has 3 nitrogen and oxygen atoms in total. The summed E-state index contributed by atoms with van der Waals surface area (Å²) in [5.41, 5.74) is 5.59. The summed E-state index contributed by atoms with van der Waals surface area (Å²) in [6.07, 6.45) is 8.39. The predicted octanol–water partition coefficient (Wildman–Crippen LogP) is 2.15. The number of hydrogen-bond acceptors (Lipinski definition) is 2. The molecule has 1 aliphatic rings. The summed E-state index contributed by atoms with van der Waals surface area (Å²) in [5.74, 6) is 0.719. The normalized spacial score (nSPS) is 20.8. The number of amides is 1. The van der Waals surface area contributed by atoms with Crippen molar-refractivity contribution in [3.8, 4) is 0 Å². The van der Waals surface area contributed by atoms with Gasteiger partial charge in [0.05, 0.1) is 0 Å². The summed E-state index contributed by atoms with van der Waals surface area (Å²) >= 11 is 0. The molecule has 0 aromatic carbocycles. The first-order valence-corrected chi connectivity index (χ1v) is 6.75. The van der Waals surface area contributed by atoms with Crippen molar-refractivity contribution in [2.24, 2.45) is 11.7 Å². The maximum atomic E-state index is 11.6. The number of carbonyl (C=O) groups excluding carboxylic acids is 1. The fourth-order valence-corrected chi connectivity index (χ4v) is 2.31. The Morgan fingerprint density at radius 2 is 1.94 bits per heavy atom. The molecule has 1 amide bonds. The largest absolute Gasteiger partial charge is 0.342 e. The van der Waals surface area contributed by atoms with E-state index in [9.17, 15) is 4.79 Å². The zero-order chi connectivity index (χ0) is 11.8. The van der Waals surface area contributed by atoms with Gasteiger partial charge >= 0.3 is 0 Å². The minimum Gasteiger partial charge on any atom is -0.342 e. The molecule has 1 fully saturated rings. The summed E-state index contributed by atoms with van der Waals surface area (Å²) in [6, 6.07) is 0. The van der Waals surface area contributed by atoms with Crippen LogP contribution < -0.4 is 5.73 Å². The van der Waals surface area contributed by atoms with Gasteiger partial charge in [0, 0.05) is 19.5 Å². The number of unbranched alkanes of at least 4 members (excludes halogenated alkanes) is 5. The Kier molecular flexibility index (Phi) is 6.46. The SMILES string of the molecule is CCCCCCCCN1CC(CN)CC1=O. The van der Waals surface area contributed by atoms with Gasteiger partial charge in [0.25, 0.3) is 0 Å². The minimum atomic E-state index is 0.309. The lowest BCUT2D eigenvalue weighted by molar-refractivity contribution is -0.127. The summed E-state index contributed by atoms with van der Waals surface area (Å²) < 4.78 is 0. The fourth-order valence-electron chi connectivity index (χ4n) is 2.31. The molecule has 0 aromatic heterocycles. The van der Waals surface area contributed by atoms with Crippen molar-refractivity contribution in [2.75, 3.05) is 19.6 Å². The quantitative estimate of drug-likeness (QED) is 0.645. The monoisotopic (exact) mass is 226 g/mol. The van der Waals surface area contributed by atoms with Crippen LogP contribution >= 0.6 is 0 Å². The summed E-state index contributed by atoms with van der Waals surface area (Å²) in [7, 11) is 0. The average molecular weight is 226 g/mol. The third-order valence-corrected chi connectivity index (χ3v) is 3.41. The third-order valence-electron chi connectivity index (χ3n) is 3.41. The highest BCUT2D eigenvalue weighted by Crippen LogP contribution is 2.17. The number of hydrogen-bond donors (Lipinski definition) is 1. The standard InChI is InChI=1S/C13H26N2O/c1-2-3-4-5-6-7-8-15-11-12(10-14)9-13(15)16/h12H,2-11,14H2,1H3. The van der Waals surface area contributed by atoms with E-state index in [4.69, 9.17) is 5.73 Å². The molecule has 0 bridgehead atoms. The molecular formula is C13H26N2O. The van der Waals surface area contributed by atoms with Crippen LogP contribution in [-0.4, -0.2) is 30.4 Å². The second-order valence-corrected chi connectivity index (χ2v) is 4.91. The molecule has 2 N–H and O–H groups in total. The Balaban J connectivity index is 2.03. The second-order valence-electron chi connectivity index (χ2n) is 4.91. The summed E-state index contributed by atoms with van der Waals surface area (Å²) in [6.45, 7) is 4.72. The third kappa shape index (κ3) is 4.52. The Bertz CT molecular complexity index is 206. The van der Waals surface area contributed by atoms with E-state index in [1.54, 1.807) is 0 Å². The molecule has 0 radical (unpaired) electrons. The molecule has 94 valence electrons.